The van der Waals surface area contributed by atoms with Crippen molar-refractivity contribution in [2.75, 3.05) is 39.2 Å². The molecule has 0 saturated carbocycles. The summed E-state index contributed by atoms with van der Waals surface area (Å²) in [6.45, 7) is 3.26. The Morgan fingerprint density at radius 2 is 1.68 bits per heavy atom. The van der Waals surface area contributed by atoms with Crippen LogP contribution in [0.2, 0.25) is 0 Å². The average molecular weight is 533 g/mol. The van der Waals surface area contributed by atoms with Crippen LogP contribution in [-0.4, -0.2) is 55.1 Å². The molecule has 0 aliphatic carbocycles. The van der Waals surface area contributed by atoms with Gasteiger partial charge < -0.3 is 9.64 Å². The van der Waals surface area contributed by atoms with Crippen LogP contribution < -0.4 is 9.64 Å². The summed E-state index contributed by atoms with van der Waals surface area (Å²) < 4.78 is 6.59. The van der Waals surface area contributed by atoms with E-state index < -0.39 is 0 Å². The monoisotopic (exact) mass is 532 g/mol. The number of carbonyl (C=O) groups is 1. The molecule has 190 valence electrons. The highest BCUT2D eigenvalue weighted by molar-refractivity contribution is 7.22. The minimum absolute atomic E-state index is 0. The average Bonchev–Trinajstić information content (AvgIpc) is 3.34. The zero-order chi connectivity index (χ0) is 25.2. The molecule has 0 bridgehead atoms. The molecular formula is C29H29ClN4O2S. The Bertz CT molecular complexity index is 1550. The van der Waals surface area contributed by atoms with Crippen molar-refractivity contribution in [1.82, 2.24) is 14.9 Å². The highest BCUT2D eigenvalue weighted by Gasteiger charge is 2.25. The van der Waals surface area contributed by atoms with Crippen LogP contribution in [0.25, 0.3) is 32.4 Å². The molecule has 0 N–H and O–H groups in total. The summed E-state index contributed by atoms with van der Waals surface area (Å²) in [6.07, 6.45) is 0. The van der Waals surface area contributed by atoms with Gasteiger partial charge in [-0.1, -0.05) is 65.9 Å². The predicted octanol–water partition coefficient (Wildman–Crippen LogP) is 6.46. The van der Waals surface area contributed by atoms with E-state index in [1.807, 2.05) is 86.9 Å². The molecule has 0 fully saturated rings. The van der Waals surface area contributed by atoms with Crippen molar-refractivity contribution in [3.05, 3.63) is 83.9 Å². The van der Waals surface area contributed by atoms with E-state index in [0.717, 1.165) is 37.9 Å². The fourth-order valence-electron chi connectivity index (χ4n) is 4.22. The molecular weight excluding hydrogens is 504 g/mol. The van der Waals surface area contributed by atoms with Gasteiger partial charge in [0.05, 0.1) is 28.6 Å². The number of hydrogen-bond acceptors (Lipinski definition) is 6. The smallest absolute Gasteiger partial charge is 0.260 e. The summed E-state index contributed by atoms with van der Waals surface area (Å²) in [6, 6.07) is 23.6. The summed E-state index contributed by atoms with van der Waals surface area (Å²) in [4.78, 5) is 27.9. The van der Waals surface area contributed by atoms with Gasteiger partial charge in [-0.05, 0) is 44.8 Å². The normalized spacial score (nSPS) is 11.1. The van der Waals surface area contributed by atoms with Gasteiger partial charge in [-0.25, -0.2) is 9.97 Å². The van der Waals surface area contributed by atoms with Gasteiger partial charge in [-0.2, -0.15) is 0 Å². The number of hydrogen-bond donors (Lipinski definition) is 0. The minimum atomic E-state index is -0.0942. The Kier molecular flexibility index (Phi) is 8.07. The number of rotatable bonds is 7. The molecule has 0 atom stereocenters. The molecule has 2 aromatic heterocycles. The molecule has 6 nitrogen and oxygen atoms in total. The third-order valence-electron chi connectivity index (χ3n) is 6.18. The van der Waals surface area contributed by atoms with Crippen molar-refractivity contribution in [2.45, 2.75) is 6.92 Å². The molecule has 5 aromatic rings. The van der Waals surface area contributed by atoms with Crippen molar-refractivity contribution >= 4 is 55.9 Å². The molecule has 8 heteroatoms. The van der Waals surface area contributed by atoms with Gasteiger partial charge in [0.25, 0.3) is 5.91 Å². The van der Waals surface area contributed by atoms with E-state index in [1.165, 1.54) is 11.3 Å². The Morgan fingerprint density at radius 3 is 2.41 bits per heavy atom. The number of carbonyl (C=O) groups excluding carboxylic acids is 1. The lowest BCUT2D eigenvalue weighted by atomic mass is 10.0. The molecule has 0 spiro atoms. The number of pyridine rings is 1. The van der Waals surface area contributed by atoms with Crippen LogP contribution in [0, 0.1) is 6.92 Å². The molecule has 1 amide bonds. The maximum atomic E-state index is 14.3. The van der Waals surface area contributed by atoms with Gasteiger partial charge in [0, 0.05) is 24.0 Å². The second-order valence-corrected chi connectivity index (χ2v) is 9.93. The van der Waals surface area contributed by atoms with E-state index in [-0.39, 0.29) is 18.3 Å². The molecule has 0 radical (unpaired) electrons. The van der Waals surface area contributed by atoms with E-state index >= 15 is 0 Å². The van der Waals surface area contributed by atoms with Crippen LogP contribution in [0.15, 0.2) is 72.8 Å². The maximum Gasteiger partial charge on any atom is 0.260 e. The lowest BCUT2D eigenvalue weighted by molar-refractivity contribution is 0.0986. The van der Waals surface area contributed by atoms with Gasteiger partial charge in [-0.3, -0.25) is 9.69 Å². The van der Waals surface area contributed by atoms with Gasteiger partial charge in [-0.15, -0.1) is 12.4 Å². The molecule has 0 aliphatic rings. The fraction of sp³-hybridized carbons (Fsp3) is 0.207. The lowest BCUT2D eigenvalue weighted by Crippen LogP contribution is -2.37. The maximum absolute atomic E-state index is 14.3. The minimum Gasteiger partial charge on any atom is -0.494 e. The van der Waals surface area contributed by atoms with Crippen molar-refractivity contribution in [2.24, 2.45) is 0 Å². The van der Waals surface area contributed by atoms with Crippen LogP contribution in [0.3, 0.4) is 0 Å². The highest BCUT2D eigenvalue weighted by atomic mass is 35.5. The van der Waals surface area contributed by atoms with E-state index in [9.17, 15) is 4.79 Å². The predicted molar refractivity (Wildman–Crippen MR) is 156 cm³/mol. The van der Waals surface area contributed by atoms with E-state index in [2.05, 4.69) is 11.8 Å². The van der Waals surface area contributed by atoms with E-state index in [4.69, 9.17) is 14.7 Å². The van der Waals surface area contributed by atoms with Crippen LogP contribution >= 0.6 is 23.7 Å². The first-order valence-corrected chi connectivity index (χ1v) is 12.6. The third kappa shape index (κ3) is 5.30. The topological polar surface area (TPSA) is 58.6 Å². The summed E-state index contributed by atoms with van der Waals surface area (Å²) in [5.41, 5.74) is 5.03. The van der Waals surface area contributed by atoms with Gasteiger partial charge in [0.15, 0.2) is 5.13 Å². The molecule has 0 unspecified atom stereocenters. The number of likely N-dealkylation sites (N-methyl/N-ethyl adjacent to an activating group) is 1. The molecule has 0 saturated heterocycles. The van der Waals surface area contributed by atoms with Gasteiger partial charge >= 0.3 is 0 Å². The highest BCUT2D eigenvalue weighted by Crippen LogP contribution is 2.37. The van der Waals surface area contributed by atoms with E-state index in [1.54, 1.807) is 12.0 Å². The van der Waals surface area contributed by atoms with E-state index in [0.29, 0.717) is 29.5 Å². The number of aromatic nitrogens is 2. The number of anilines is 1. The zero-order valence-electron chi connectivity index (χ0n) is 21.3. The second kappa shape index (κ2) is 11.3. The number of nitrogens with zero attached hydrogens (tertiary/aromatic N) is 4. The number of para-hydroxylation sites is 1. The standard InChI is InChI=1S/C29H28N4O2S.ClH/c1-19-14-15-25(35-4)26-27(19)36-29(31-26)33(17-16-32(2)3)28(34)22-18-24(20-10-6-5-7-11-20)30-23-13-9-8-12-21(22)23;/h5-15,18H,16-17H2,1-4H3;1H. The fourth-order valence-corrected chi connectivity index (χ4v) is 5.29. The van der Waals surface area contributed by atoms with Crippen LogP contribution in [-0.2, 0) is 0 Å². The largest absolute Gasteiger partial charge is 0.494 e. The number of methoxy groups -OCH3 is 1. The van der Waals surface area contributed by atoms with Crippen molar-refractivity contribution in [3.8, 4) is 17.0 Å². The molecule has 37 heavy (non-hydrogen) atoms. The summed E-state index contributed by atoms with van der Waals surface area (Å²) in [5, 5.41) is 1.48. The van der Waals surface area contributed by atoms with Crippen LogP contribution in [0.4, 0.5) is 5.13 Å². The van der Waals surface area contributed by atoms with Gasteiger partial charge in [0.1, 0.15) is 11.3 Å². The first kappa shape index (κ1) is 26.5. The van der Waals surface area contributed by atoms with Crippen molar-refractivity contribution in [3.63, 3.8) is 0 Å². The molecule has 2 heterocycles. The quantitative estimate of drug-likeness (QED) is 0.241. The number of halogens is 1. The number of thiazole rings is 1. The number of aryl methyl sites for hydroxylation is 1. The third-order valence-corrected chi connectivity index (χ3v) is 7.39. The molecule has 3 aromatic carbocycles. The number of fused-ring (bicyclic) bond motifs is 2. The number of benzene rings is 3. The second-order valence-electron chi connectivity index (χ2n) is 8.96. The first-order valence-electron chi connectivity index (χ1n) is 11.8. The lowest BCUT2D eigenvalue weighted by Gasteiger charge is -2.23. The Labute approximate surface area is 226 Å². The number of ether oxygens (including phenoxy) is 1. The summed E-state index contributed by atoms with van der Waals surface area (Å²) in [5.74, 6) is 0.613. The van der Waals surface area contributed by atoms with Crippen molar-refractivity contribution in [1.29, 1.82) is 0 Å². The summed E-state index contributed by atoms with van der Waals surface area (Å²) in [7, 11) is 5.65. The van der Waals surface area contributed by atoms with Crippen LogP contribution in [0.5, 0.6) is 5.75 Å². The van der Waals surface area contributed by atoms with Crippen LogP contribution in [0.1, 0.15) is 15.9 Å². The van der Waals surface area contributed by atoms with Crippen molar-refractivity contribution < 1.29 is 9.53 Å². The summed E-state index contributed by atoms with van der Waals surface area (Å²) >= 11 is 1.52. The van der Waals surface area contributed by atoms with Gasteiger partial charge in [0.2, 0.25) is 0 Å². The molecule has 0 aliphatic heterocycles. The Hall–Kier alpha value is -3.52. The molecule has 5 rings (SSSR count). The number of amides is 1. The SMILES string of the molecule is COc1ccc(C)c2sc(N(CCN(C)C)C(=O)c3cc(-c4ccccc4)nc4ccccc34)nc12.Cl. The Balaban J connectivity index is 0.00000320. The Morgan fingerprint density at radius 1 is 0.946 bits per heavy atom. The first-order chi connectivity index (χ1) is 17.5. The zero-order valence-corrected chi connectivity index (χ0v) is 22.9.